The molecule has 0 unspecified atom stereocenters. The van der Waals surface area contributed by atoms with E-state index in [-0.39, 0.29) is 16.9 Å². The molecular weight excluding hydrogens is 413 g/mol. The molecule has 148 valence electrons. The van der Waals surface area contributed by atoms with Crippen molar-refractivity contribution in [1.29, 1.82) is 0 Å². The average Bonchev–Trinajstić information content (AvgIpc) is 2.93. The molecule has 3 rings (SSSR count). The average molecular weight is 430 g/mol. The molecule has 29 heavy (non-hydrogen) atoms. The van der Waals surface area contributed by atoms with Gasteiger partial charge in [-0.1, -0.05) is 41.4 Å². The van der Waals surface area contributed by atoms with E-state index in [1.165, 1.54) is 25.0 Å². The second-order valence-corrected chi connectivity index (χ2v) is 7.27. The summed E-state index contributed by atoms with van der Waals surface area (Å²) < 4.78 is 4.89. The minimum Gasteiger partial charge on any atom is -0.465 e. The second-order valence-electron chi connectivity index (χ2n) is 6.42. The lowest BCUT2D eigenvalue weighted by Gasteiger charge is -2.18. The molecule has 1 heterocycles. The molecule has 0 fully saturated rings. The lowest BCUT2D eigenvalue weighted by molar-refractivity contribution is -0.136. The fraction of sp³-hybridized carbons (Fsp3) is 0.136. The summed E-state index contributed by atoms with van der Waals surface area (Å²) in [5.74, 6) is -1.19. The third kappa shape index (κ3) is 3.97. The summed E-state index contributed by atoms with van der Waals surface area (Å²) in [7, 11) is 1.25. The van der Waals surface area contributed by atoms with Crippen LogP contribution in [0.25, 0.3) is 6.08 Å². The Morgan fingerprint density at radius 1 is 1.10 bits per heavy atom. The molecule has 0 aliphatic carbocycles. The number of hydrogen-bond donors (Lipinski definition) is 0. The number of halogens is 2. The van der Waals surface area contributed by atoms with Crippen LogP contribution < -0.4 is 4.90 Å². The molecule has 1 aliphatic rings. The summed E-state index contributed by atoms with van der Waals surface area (Å²) in [6.45, 7) is 3.09. The molecule has 0 bridgehead atoms. The summed E-state index contributed by atoms with van der Waals surface area (Å²) in [6.07, 6.45) is 1.53. The number of allylic oxidation sites excluding steroid dienone is 1. The first-order valence-electron chi connectivity index (χ1n) is 8.66. The smallest absolute Gasteiger partial charge is 0.340 e. The van der Waals surface area contributed by atoms with Gasteiger partial charge in [-0.25, -0.2) is 4.79 Å². The van der Waals surface area contributed by atoms with E-state index in [4.69, 9.17) is 27.9 Å². The lowest BCUT2D eigenvalue weighted by atomic mass is 10.0. The van der Waals surface area contributed by atoms with Crippen molar-refractivity contribution in [2.75, 3.05) is 12.0 Å². The van der Waals surface area contributed by atoms with Crippen molar-refractivity contribution >= 4 is 52.6 Å². The van der Waals surface area contributed by atoms with Crippen molar-refractivity contribution in [1.82, 2.24) is 0 Å². The molecule has 0 spiro atoms. The number of carbonyl (C=O) groups is 3. The van der Waals surface area contributed by atoms with Crippen molar-refractivity contribution in [2.45, 2.75) is 13.8 Å². The molecular formula is C22H17Cl2NO4. The van der Waals surface area contributed by atoms with Crippen LogP contribution in [0.1, 0.15) is 29.8 Å². The predicted octanol–water partition coefficient (Wildman–Crippen LogP) is 5.07. The van der Waals surface area contributed by atoms with Crippen molar-refractivity contribution in [3.63, 3.8) is 0 Å². The molecule has 7 heteroatoms. The molecule has 1 aliphatic heterocycles. The molecule has 0 atom stereocenters. The monoisotopic (exact) mass is 429 g/mol. The van der Waals surface area contributed by atoms with Crippen LogP contribution in [0, 0.1) is 0 Å². The van der Waals surface area contributed by atoms with Crippen LogP contribution in [0.5, 0.6) is 0 Å². The number of carbonyl (C=O) groups excluding carboxylic acids is 3. The zero-order valence-electron chi connectivity index (χ0n) is 16.0. The molecule has 1 amide bonds. The largest absolute Gasteiger partial charge is 0.465 e. The number of anilines is 1. The lowest BCUT2D eigenvalue weighted by Crippen LogP contribution is -2.24. The van der Waals surface area contributed by atoms with E-state index >= 15 is 0 Å². The molecule has 5 nitrogen and oxygen atoms in total. The highest BCUT2D eigenvalue weighted by molar-refractivity contribution is 6.36. The summed E-state index contributed by atoms with van der Waals surface area (Å²) in [4.78, 5) is 38.8. The number of rotatable bonds is 4. The Balaban J connectivity index is 2.17. The second kappa shape index (κ2) is 8.23. The highest BCUT2D eigenvalue weighted by Gasteiger charge is 2.38. The maximum Gasteiger partial charge on any atom is 0.340 e. The summed E-state index contributed by atoms with van der Waals surface area (Å²) in [5, 5.41) is 0.800. The van der Waals surface area contributed by atoms with Crippen molar-refractivity contribution in [2.24, 2.45) is 0 Å². The van der Waals surface area contributed by atoms with Gasteiger partial charge in [-0.05, 0) is 49.8 Å². The number of ketones is 1. The van der Waals surface area contributed by atoms with Gasteiger partial charge in [0.05, 0.1) is 18.3 Å². The van der Waals surface area contributed by atoms with Gasteiger partial charge in [0.25, 0.3) is 5.91 Å². The Kier molecular flexibility index (Phi) is 5.91. The maximum absolute atomic E-state index is 13.3. The highest BCUT2D eigenvalue weighted by atomic mass is 35.5. The van der Waals surface area contributed by atoms with Gasteiger partial charge in [-0.15, -0.1) is 0 Å². The Morgan fingerprint density at radius 2 is 1.83 bits per heavy atom. The quantitative estimate of drug-likeness (QED) is 0.386. The fourth-order valence-corrected chi connectivity index (χ4v) is 3.59. The zero-order chi connectivity index (χ0) is 21.3. The van der Waals surface area contributed by atoms with E-state index in [2.05, 4.69) is 0 Å². The molecule has 0 saturated carbocycles. The molecule has 0 N–H and O–H groups in total. The van der Waals surface area contributed by atoms with Gasteiger partial charge in [0.1, 0.15) is 0 Å². The summed E-state index contributed by atoms with van der Waals surface area (Å²) >= 11 is 12.2. The maximum atomic E-state index is 13.3. The number of methoxy groups -OCH3 is 1. The van der Waals surface area contributed by atoms with E-state index in [0.717, 1.165) is 0 Å². The minimum absolute atomic E-state index is 0.128. The number of ether oxygens (including phenoxy) is 1. The van der Waals surface area contributed by atoms with Crippen LogP contribution >= 0.6 is 23.2 Å². The van der Waals surface area contributed by atoms with E-state index in [0.29, 0.717) is 32.6 Å². The first-order chi connectivity index (χ1) is 13.7. The van der Waals surface area contributed by atoms with Gasteiger partial charge in [-0.2, -0.15) is 0 Å². The van der Waals surface area contributed by atoms with Crippen LogP contribution in [0.2, 0.25) is 10.0 Å². The normalized spacial score (nSPS) is 15.3. The van der Waals surface area contributed by atoms with Gasteiger partial charge >= 0.3 is 5.97 Å². The van der Waals surface area contributed by atoms with Gasteiger partial charge < -0.3 is 4.74 Å². The molecule has 0 aromatic heterocycles. The summed E-state index contributed by atoms with van der Waals surface area (Å²) in [6, 6.07) is 11.5. The predicted molar refractivity (Wildman–Crippen MR) is 113 cm³/mol. The molecule has 2 aromatic rings. The van der Waals surface area contributed by atoms with E-state index in [1.807, 2.05) is 0 Å². The van der Waals surface area contributed by atoms with Gasteiger partial charge in [0.15, 0.2) is 5.78 Å². The Morgan fingerprint density at radius 3 is 2.45 bits per heavy atom. The van der Waals surface area contributed by atoms with Crippen molar-refractivity contribution < 1.29 is 19.1 Å². The first kappa shape index (κ1) is 20.8. The van der Waals surface area contributed by atoms with Crippen LogP contribution in [0.15, 0.2) is 59.3 Å². The molecule has 0 saturated heterocycles. The van der Waals surface area contributed by atoms with E-state index in [9.17, 15) is 14.4 Å². The third-order valence-electron chi connectivity index (χ3n) is 4.56. The van der Waals surface area contributed by atoms with Crippen molar-refractivity contribution in [3.8, 4) is 0 Å². The highest BCUT2D eigenvalue weighted by Crippen LogP contribution is 2.36. The number of benzene rings is 2. The van der Waals surface area contributed by atoms with Crippen molar-refractivity contribution in [3.05, 3.63) is 80.5 Å². The van der Waals surface area contributed by atoms with Crippen LogP contribution in [-0.4, -0.2) is 24.8 Å². The Bertz CT molecular complexity index is 1100. The summed E-state index contributed by atoms with van der Waals surface area (Å²) in [5.41, 5.74) is 2.16. The van der Waals surface area contributed by atoms with E-state index < -0.39 is 11.9 Å². The molecule has 0 radical (unpaired) electrons. The van der Waals surface area contributed by atoms with E-state index in [1.54, 1.807) is 49.4 Å². The van der Waals surface area contributed by atoms with Crippen LogP contribution in [0.4, 0.5) is 5.69 Å². The number of amides is 1. The number of esters is 1. The third-order valence-corrected chi connectivity index (χ3v) is 5.13. The van der Waals surface area contributed by atoms with Gasteiger partial charge in [0.2, 0.25) is 0 Å². The van der Waals surface area contributed by atoms with Gasteiger partial charge in [-0.3, -0.25) is 14.5 Å². The Hall–Kier alpha value is -2.89. The van der Waals surface area contributed by atoms with Crippen LogP contribution in [0.3, 0.4) is 0 Å². The zero-order valence-corrected chi connectivity index (χ0v) is 17.5. The first-order valence-corrected chi connectivity index (χ1v) is 9.42. The van der Waals surface area contributed by atoms with Crippen LogP contribution in [-0.2, 0) is 14.3 Å². The number of Topliss-reactive ketones (excluding diaryl/α,β-unsaturated/α-hetero) is 1. The molecule has 2 aromatic carbocycles. The standard InChI is InChI=1S/C22H17Cl2NO4/c1-12-20(22(28)29-3)18(10-15-7-8-16(23)11-19(15)24)21(27)25(12)17-6-4-5-14(9-17)13(2)26/h4-11H,1-3H3/b18-10-. The topological polar surface area (TPSA) is 63.7 Å². The number of nitrogens with zero attached hydrogens (tertiary/aromatic N) is 1. The minimum atomic E-state index is -0.641. The van der Waals surface area contributed by atoms with Gasteiger partial charge in [0, 0.05) is 27.0 Å². The Labute approximate surface area is 178 Å². The number of hydrogen-bond acceptors (Lipinski definition) is 4. The fourth-order valence-electron chi connectivity index (χ4n) is 3.13. The SMILES string of the molecule is COC(=O)C1=C(C)N(c2cccc(C(C)=O)c2)C(=O)/C1=C\c1ccc(Cl)cc1Cl.